The van der Waals surface area contributed by atoms with Crippen LogP contribution in [-0.4, -0.2) is 26.7 Å². The van der Waals surface area contributed by atoms with Crippen LogP contribution in [0.2, 0.25) is 0 Å². The summed E-state index contributed by atoms with van der Waals surface area (Å²) in [6, 6.07) is 8.01. The fourth-order valence-electron chi connectivity index (χ4n) is 1.77. The lowest BCUT2D eigenvalue weighted by Gasteiger charge is -2.16. The highest BCUT2D eigenvalue weighted by molar-refractivity contribution is 5.87. The van der Waals surface area contributed by atoms with Crippen LogP contribution < -0.4 is 10.1 Å². The monoisotopic (exact) mass is 263 g/mol. The molecule has 0 saturated heterocycles. The van der Waals surface area contributed by atoms with Gasteiger partial charge in [0.1, 0.15) is 5.75 Å². The van der Waals surface area contributed by atoms with Gasteiger partial charge in [0, 0.05) is 23.7 Å². The molecule has 0 aromatic heterocycles. The minimum Gasteiger partial charge on any atom is -0.496 e. The molecule has 19 heavy (non-hydrogen) atoms. The van der Waals surface area contributed by atoms with Gasteiger partial charge in [-0.15, -0.1) is 0 Å². The van der Waals surface area contributed by atoms with Gasteiger partial charge in [-0.1, -0.05) is 24.3 Å². The first-order valence-electron chi connectivity index (χ1n) is 6.21. The van der Waals surface area contributed by atoms with E-state index in [4.69, 9.17) is 4.74 Å². The van der Waals surface area contributed by atoms with Crippen molar-refractivity contribution in [3.8, 4) is 5.75 Å². The lowest BCUT2D eigenvalue weighted by molar-refractivity contribution is -0.136. The van der Waals surface area contributed by atoms with Gasteiger partial charge in [0.25, 0.3) is 0 Å². The maximum Gasteiger partial charge on any atom is 0.333 e. The molecule has 0 radical (unpaired) electrons. The lowest BCUT2D eigenvalue weighted by Crippen LogP contribution is -2.20. The third-order valence-corrected chi connectivity index (χ3v) is 2.95. The Kier molecular flexibility index (Phi) is 6.09. The second kappa shape index (κ2) is 7.59. The molecule has 1 rings (SSSR count). The molecule has 0 aliphatic heterocycles. The van der Waals surface area contributed by atoms with Crippen LogP contribution in [0.25, 0.3) is 0 Å². The number of carbonyl (C=O) groups excluding carboxylic acids is 1. The van der Waals surface area contributed by atoms with Gasteiger partial charge in [-0.3, -0.25) is 0 Å². The summed E-state index contributed by atoms with van der Waals surface area (Å²) in [5.41, 5.74) is 1.69. The number of hydrogen-bond acceptors (Lipinski definition) is 4. The number of rotatable bonds is 6. The minimum absolute atomic E-state index is 0.137. The number of nitrogens with one attached hydrogen (secondary N) is 1. The summed E-state index contributed by atoms with van der Waals surface area (Å²) in [6.07, 6.45) is 1.82. The van der Waals surface area contributed by atoms with E-state index in [1.807, 2.05) is 30.3 Å². The van der Waals surface area contributed by atoms with E-state index in [1.54, 1.807) is 14.0 Å². The molecule has 0 aliphatic carbocycles. The molecule has 4 heteroatoms. The van der Waals surface area contributed by atoms with Gasteiger partial charge >= 0.3 is 5.97 Å². The Morgan fingerprint density at radius 3 is 2.68 bits per heavy atom. The molecule has 0 saturated carbocycles. The number of para-hydroxylation sites is 1. The summed E-state index contributed by atoms with van der Waals surface area (Å²) in [4.78, 5) is 11.2. The van der Waals surface area contributed by atoms with Crippen LogP contribution in [0.5, 0.6) is 5.75 Å². The molecule has 0 unspecified atom stereocenters. The summed E-state index contributed by atoms with van der Waals surface area (Å²) in [7, 11) is 3.04. The summed E-state index contributed by atoms with van der Waals surface area (Å²) in [5, 5.41) is 3.32. The van der Waals surface area contributed by atoms with Crippen LogP contribution in [0.4, 0.5) is 0 Å². The topological polar surface area (TPSA) is 47.6 Å². The quantitative estimate of drug-likeness (QED) is 0.632. The first-order valence-corrected chi connectivity index (χ1v) is 6.21. The van der Waals surface area contributed by atoms with E-state index in [1.165, 1.54) is 7.11 Å². The second-order valence-electron chi connectivity index (χ2n) is 4.25. The third-order valence-electron chi connectivity index (χ3n) is 2.95. The molecular weight excluding hydrogens is 242 g/mol. The molecule has 0 bridgehead atoms. The Hall–Kier alpha value is -1.81. The largest absolute Gasteiger partial charge is 0.496 e. The predicted molar refractivity (Wildman–Crippen MR) is 75.2 cm³/mol. The van der Waals surface area contributed by atoms with E-state index in [9.17, 15) is 4.79 Å². The van der Waals surface area contributed by atoms with Gasteiger partial charge in [0.2, 0.25) is 0 Å². The normalized spacial score (nSPS) is 12.9. The third kappa shape index (κ3) is 4.41. The number of carbonyl (C=O) groups is 1. The zero-order valence-corrected chi connectivity index (χ0v) is 11.9. The summed E-state index contributed by atoms with van der Waals surface area (Å²) >= 11 is 0. The molecule has 0 spiro atoms. The molecule has 0 amide bonds. The van der Waals surface area contributed by atoms with Crippen LogP contribution in [0.15, 0.2) is 35.9 Å². The fraction of sp³-hybridized carbons (Fsp3) is 0.400. The molecule has 1 N–H and O–H groups in total. The molecule has 1 atom stereocenters. The van der Waals surface area contributed by atoms with E-state index in [0.29, 0.717) is 12.1 Å². The first-order chi connectivity index (χ1) is 9.10. The van der Waals surface area contributed by atoms with E-state index in [0.717, 1.165) is 11.3 Å². The highest BCUT2D eigenvalue weighted by Crippen LogP contribution is 2.23. The lowest BCUT2D eigenvalue weighted by atomic mass is 10.1. The minimum atomic E-state index is -0.299. The van der Waals surface area contributed by atoms with Crippen LogP contribution in [0, 0.1) is 0 Å². The van der Waals surface area contributed by atoms with Gasteiger partial charge in [0.15, 0.2) is 0 Å². The summed E-state index contributed by atoms with van der Waals surface area (Å²) < 4.78 is 9.96. The number of ether oxygens (including phenoxy) is 2. The highest BCUT2D eigenvalue weighted by atomic mass is 16.5. The Bertz CT molecular complexity index is 454. The van der Waals surface area contributed by atoms with E-state index in [-0.39, 0.29) is 12.0 Å². The van der Waals surface area contributed by atoms with Gasteiger partial charge in [-0.2, -0.15) is 0 Å². The molecular formula is C15H21NO3. The smallest absolute Gasteiger partial charge is 0.333 e. The van der Waals surface area contributed by atoms with Gasteiger partial charge < -0.3 is 14.8 Å². The zero-order valence-electron chi connectivity index (χ0n) is 11.9. The van der Waals surface area contributed by atoms with Crippen molar-refractivity contribution in [2.24, 2.45) is 0 Å². The summed E-state index contributed by atoms with van der Waals surface area (Å²) in [6.45, 7) is 4.39. The van der Waals surface area contributed by atoms with E-state index in [2.05, 4.69) is 17.0 Å². The van der Waals surface area contributed by atoms with Crippen molar-refractivity contribution < 1.29 is 14.3 Å². The second-order valence-corrected chi connectivity index (χ2v) is 4.25. The Morgan fingerprint density at radius 2 is 2.05 bits per heavy atom. The fourth-order valence-corrected chi connectivity index (χ4v) is 1.77. The van der Waals surface area contributed by atoms with E-state index >= 15 is 0 Å². The number of benzene rings is 1. The highest BCUT2D eigenvalue weighted by Gasteiger charge is 2.09. The van der Waals surface area contributed by atoms with Crippen molar-refractivity contribution >= 4 is 5.97 Å². The standard InChI is InChI=1S/C15H21NO3/c1-11(15(17)19-4)9-10-16-12(2)13-7-5-6-8-14(13)18-3/h5-9,12,16H,10H2,1-4H3/b11-9+/t12-/m0/s1. The van der Waals surface area contributed by atoms with E-state index < -0.39 is 0 Å². The molecule has 0 fully saturated rings. The predicted octanol–water partition coefficient (Wildman–Crippen LogP) is 2.47. The average molecular weight is 263 g/mol. The van der Waals surface area contributed by atoms with Crippen molar-refractivity contribution in [1.82, 2.24) is 5.32 Å². The Balaban J connectivity index is 2.61. The molecule has 0 heterocycles. The molecule has 104 valence electrons. The molecule has 0 aliphatic rings. The van der Waals surface area contributed by atoms with Crippen molar-refractivity contribution in [2.75, 3.05) is 20.8 Å². The van der Waals surface area contributed by atoms with Crippen LogP contribution in [0.1, 0.15) is 25.5 Å². The maximum atomic E-state index is 11.2. The Labute approximate surface area is 114 Å². The van der Waals surface area contributed by atoms with Gasteiger partial charge in [0.05, 0.1) is 14.2 Å². The Morgan fingerprint density at radius 1 is 1.37 bits per heavy atom. The van der Waals surface area contributed by atoms with Crippen LogP contribution in [-0.2, 0) is 9.53 Å². The SMILES string of the molecule is COC(=O)/C(C)=C/CN[C@@H](C)c1ccccc1OC. The van der Waals surface area contributed by atoms with Crippen LogP contribution in [0.3, 0.4) is 0 Å². The summed E-state index contributed by atoms with van der Waals surface area (Å²) in [5.74, 6) is 0.558. The number of esters is 1. The van der Waals surface area contributed by atoms with Crippen molar-refractivity contribution in [1.29, 1.82) is 0 Å². The van der Waals surface area contributed by atoms with Gasteiger partial charge in [-0.05, 0) is 19.9 Å². The first kappa shape index (κ1) is 15.2. The molecule has 1 aromatic rings. The van der Waals surface area contributed by atoms with Crippen molar-refractivity contribution in [2.45, 2.75) is 19.9 Å². The average Bonchev–Trinajstić information content (AvgIpc) is 2.45. The number of methoxy groups -OCH3 is 2. The van der Waals surface area contributed by atoms with Crippen molar-refractivity contribution in [3.63, 3.8) is 0 Å². The van der Waals surface area contributed by atoms with Crippen LogP contribution >= 0.6 is 0 Å². The van der Waals surface area contributed by atoms with Crippen molar-refractivity contribution in [3.05, 3.63) is 41.5 Å². The molecule has 1 aromatic carbocycles. The number of hydrogen-bond donors (Lipinski definition) is 1. The zero-order chi connectivity index (χ0) is 14.3. The van der Waals surface area contributed by atoms with Gasteiger partial charge in [-0.25, -0.2) is 4.79 Å². The maximum absolute atomic E-state index is 11.2. The molecule has 4 nitrogen and oxygen atoms in total.